The minimum atomic E-state index is -0.454. The van der Waals surface area contributed by atoms with E-state index in [1.54, 1.807) is 31.4 Å². The van der Waals surface area contributed by atoms with Crippen LogP contribution in [0, 0.1) is 32.6 Å². The largest absolute Gasteiger partial charge is 0.497 e. The molecule has 0 saturated carbocycles. The molecule has 0 radical (unpaired) electrons. The van der Waals surface area contributed by atoms with Gasteiger partial charge in [-0.1, -0.05) is 17.7 Å². The Morgan fingerprint density at radius 3 is 2.38 bits per heavy atom. The molecule has 1 aliphatic heterocycles. The van der Waals surface area contributed by atoms with Crippen LogP contribution in [0.1, 0.15) is 51.9 Å². The fraction of sp³-hybridized carbons (Fsp3) is 0.407. The second-order valence-corrected chi connectivity index (χ2v) is 8.92. The third-order valence-corrected chi connectivity index (χ3v) is 6.43. The van der Waals surface area contributed by atoms with Crippen molar-refractivity contribution in [2.45, 2.75) is 40.0 Å². The van der Waals surface area contributed by atoms with Crippen LogP contribution in [0.25, 0.3) is 5.57 Å². The smallest absolute Gasteiger partial charge is 0.343 e. The molecule has 0 spiro atoms. The van der Waals surface area contributed by atoms with Gasteiger partial charge in [0, 0.05) is 25.6 Å². The molecule has 5 nitrogen and oxygen atoms in total. The number of hydrogen-bond acceptors (Lipinski definition) is 5. The van der Waals surface area contributed by atoms with Gasteiger partial charge in [0.15, 0.2) is 5.78 Å². The van der Waals surface area contributed by atoms with E-state index < -0.39 is 5.97 Å². The summed E-state index contributed by atoms with van der Waals surface area (Å²) in [5.74, 6) is 1.03. The van der Waals surface area contributed by atoms with Crippen LogP contribution in [-0.4, -0.2) is 32.1 Å². The third kappa shape index (κ3) is 4.49. The third-order valence-electron chi connectivity index (χ3n) is 6.43. The number of allylic oxidation sites excluding steroid dienone is 2. The Balaban J connectivity index is 1.74. The van der Waals surface area contributed by atoms with Crippen molar-refractivity contribution in [3.8, 4) is 5.75 Å². The first-order valence-electron chi connectivity index (χ1n) is 11.2. The van der Waals surface area contributed by atoms with Gasteiger partial charge >= 0.3 is 5.97 Å². The number of hydrogen-bond donors (Lipinski definition) is 0. The molecule has 1 fully saturated rings. The van der Waals surface area contributed by atoms with Crippen molar-refractivity contribution >= 4 is 17.3 Å². The summed E-state index contributed by atoms with van der Waals surface area (Å²) in [6.45, 7) is 7.51. The average molecular weight is 435 g/mol. The molecule has 2 unspecified atom stereocenters. The molecule has 0 N–H and O–H groups in total. The van der Waals surface area contributed by atoms with E-state index >= 15 is 0 Å². The number of ketones is 1. The van der Waals surface area contributed by atoms with Gasteiger partial charge in [0.05, 0.1) is 18.2 Å². The maximum atomic E-state index is 13.3. The van der Waals surface area contributed by atoms with Crippen LogP contribution in [0.4, 0.5) is 0 Å². The zero-order chi connectivity index (χ0) is 22.8. The number of rotatable bonds is 6. The number of carbonyl (C=O) groups excluding carboxylic acids is 2. The van der Waals surface area contributed by atoms with Crippen LogP contribution in [0.3, 0.4) is 0 Å². The second-order valence-electron chi connectivity index (χ2n) is 8.92. The van der Waals surface area contributed by atoms with Crippen molar-refractivity contribution in [1.82, 2.24) is 0 Å². The quantitative estimate of drug-likeness (QED) is 0.585. The Kier molecular flexibility index (Phi) is 6.47. The highest BCUT2D eigenvalue weighted by atomic mass is 16.5. The van der Waals surface area contributed by atoms with Crippen molar-refractivity contribution < 1.29 is 23.8 Å². The van der Waals surface area contributed by atoms with Crippen LogP contribution in [0.15, 0.2) is 42.2 Å². The Hall–Kier alpha value is -2.92. The SMILES string of the molecule is COc1ccc(C(=O)OC2=C(c3c(C)cc(C)cc3C)C(=O)CC2CC2CCOC2)cc1. The van der Waals surface area contributed by atoms with E-state index in [0.29, 0.717) is 41.6 Å². The van der Waals surface area contributed by atoms with Crippen molar-refractivity contribution in [2.75, 3.05) is 20.3 Å². The lowest BCUT2D eigenvalue weighted by Crippen LogP contribution is -2.14. The number of aryl methyl sites for hydroxylation is 3. The maximum absolute atomic E-state index is 13.3. The fourth-order valence-electron chi connectivity index (χ4n) is 4.98. The predicted octanol–water partition coefficient (Wildman–Crippen LogP) is 5.20. The van der Waals surface area contributed by atoms with Gasteiger partial charge < -0.3 is 14.2 Å². The fourth-order valence-corrected chi connectivity index (χ4v) is 4.98. The Bertz CT molecular complexity index is 1030. The monoisotopic (exact) mass is 434 g/mol. The molecular formula is C27H30O5. The van der Waals surface area contributed by atoms with Gasteiger partial charge in [-0.2, -0.15) is 0 Å². The van der Waals surface area contributed by atoms with E-state index in [9.17, 15) is 9.59 Å². The van der Waals surface area contributed by atoms with E-state index in [2.05, 4.69) is 12.1 Å². The first-order chi connectivity index (χ1) is 15.4. The van der Waals surface area contributed by atoms with Crippen LogP contribution >= 0.6 is 0 Å². The molecule has 1 saturated heterocycles. The van der Waals surface area contributed by atoms with E-state index in [1.807, 2.05) is 20.8 Å². The molecule has 4 rings (SSSR count). The summed E-state index contributed by atoms with van der Waals surface area (Å²) >= 11 is 0. The summed E-state index contributed by atoms with van der Waals surface area (Å²) in [4.78, 5) is 26.3. The average Bonchev–Trinajstić information content (AvgIpc) is 3.37. The zero-order valence-corrected chi connectivity index (χ0v) is 19.2. The van der Waals surface area contributed by atoms with Crippen molar-refractivity contribution in [1.29, 1.82) is 0 Å². The molecule has 1 aliphatic carbocycles. The van der Waals surface area contributed by atoms with Gasteiger partial charge in [0.1, 0.15) is 11.5 Å². The summed E-state index contributed by atoms with van der Waals surface area (Å²) in [5, 5.41) is 0. The summed E-state index contributed by atoms with van der Waals surface area (Å²) < 4.78 is 16.7. The van der Waals surface area contributed by atoms with Crippen LogP contribution < -0.4 is 4.74 Å². The molecule has 2 aromatic rings. The molecule has 5 heteroatoms. The van der Waals surface area contributed by atoms with Gasteiger partial charge in [-0.25, -0.2) is 4.79 Å². The van der Waals surface area contributed by atoms with Gasteiger partial charge in [0.2, 0.25) is 0 Å². The van der Waals surface area contributed by atoms with E-state index in [1.165, 1.54) is 0 Å². The Labute approximate surface area is 189 Å². The van der Waals surface area contributed by atoms with Crippen molar-refractivity contribution in [2.24, 2.45) is 11.8 Å². The number of methoxy groups -OCH3 is 1. The minimum absolute atomic E-state index is 0.0431. The van der Waals surface area contributed by atoms with Crippen LogP contribution in [0.2, 0.25) is 0 Å². The van der Waals surface area contributed by atoms with Crippen LogP contribution in [-0.2, 0) is 14.3 Å². The van der Waals surface area contributed by atoms with Gasteiger partial charge in [-0.05, 0) is 80.5 Å². The minimum Gasteiger partial charge on any atom is -0.497 e. The molecule has 32 heavy (non-hydrogen) atoms. The second kappa shape index (κ2) is 9.29. The lowest BCUT2D eigenvalue weighted by Gasteiger charge is -2.19. The molecule has 1 heterocycles. The summed E-state index contributed by atoms with van der Waals surface area (Å²) in [6, 6.07) is 11.0. The Morgan fingerprint density at radius 1 is 1.09 bits per heavy atom. The van der Waals surface area contributed by atoms with Crippen molar-refractivity contribution in [3.63, 3.8) is 0 Å². The molecule has 2 aliphatic rings. The zero-order valence-electron chi connectivity index (χ0n) is 19.2. The van der Waals surface area contributed by atoms with E-state index in [4.69, 9.17) is 14.2 Å². The van der Waals surface area contributed by atoms with Gasteiger partial charge in [0.25, 0.3) is 0 Å². The van der Waals surface area contributed by atoms with E-state index in [0.717, 1.165) is 41.7 Å². The maximum Gasteiger partial charge on any atom is 0.343 e. The molecule has 2 atom stereocenters. The standard InChI is InChI=1S/C27H30O5/c1-16-11-17(2)24(18(3)12-16)25-23(28)14-21(13-19-9-10-31-15-19)26(25)32-27(29)20-5-7-22(30-4)8-6-20/h5-8,11-12,19,21H,9-10,13-15H2,1-4H3. The lowest BCUT2D eigenvalue weighted by molar-refractivity contribution is -0.113. The molecule has 0 aromatic heterocycles. The van der Waals surface area contributed by atoms with Gasteiger partial charge in [-0.15, -0.1) is 0 Å². The highest BCUT2D eigenvalue weighted by Crippen LogP contribution is 2.43. The number of esters is 1. The molecule has 2 aromatic carbocycles. The molecule has 168 valence electrons. The lowest BCUT2D eigenvalue weighted by atomic mass is 9.91. The number of ether oxygens (including phenoxy) is 3. The summed E-state index contributed by atoms with van der Waals surface area (Å²) in [5.41, 5.74) is 5.07. The Morgan fingerprint density at radius 2 is 1.78 bits per heavy atom. The predicted molar refractivity (Wildman–Crippen MR) is 123 cm³/mol. The highest BCUT2D eigenvalue weighted by Gasteiger charge is 2.39. The first-order valence-corrected chi connectivity index (χ1v) is 11.2. The van der Waals surface area contributed by atoms with Gasteiger partial charge in [-0.3, -0.25) is 4.79 Å². The first kappa shape index (κ1) is 22.3. The molecule has 0 bridgehead atoms. The van der Waals surface area contributed by atoms with Crippen LogP contribution in [0.5, 0.6) is 5.75 Å². The topological polar surface area (TPSA) is 61.8 Å². The summed E-state index contributed by atoms with van der Waals surface area (Å²) in [6.07, 6.45) is 2.12. The van der Waals surface area contributed by atoms with E-state index in [-0.39, 0.29) is 11.7 Å². The number of carbonyl (C=O) groups is 2. The molecular weight excluding hydrogens is 404 g/mol. The normalized spacial score (nSPS) is 20.7. The number of Topliss-reactive ketones (excluding diaryl/α,β-unsaturated/α-hetero) is 1. The highest BCUT2D eigenvalue weighted by molar-refractivity contribution is 6.24. The van der Waals surface area contributed by atoms with Crippen molar-refractivity contribution in [3.05, 3.63) is 70.0 Å². The molecule has 0 amide bonds. The number of benzene rings is 2. The summed E-state index contributed by atoms with van der Waals surface area (Å²) in [7, 11) is 1.58.